The summed E-state index contributed by atoms with van der Waals surface area (Å²) in [4.78, 5) is 11.6. The van der Waals surface area contributed by atoms with Gasteiger partial charge in [0.2, 0.25) is 0 Å². The lowest BCUT2D eigenvalue weighted by atomic mass is 10.3. The molecule has 0 saturated heterocycles. The Hall–Kier alpha value is -1.36. The number of nitrogens with zero attached hydrogens (tertiary/aromatic N) is 2. The number of aryl methyl sites for hydroxylation is 1. The van der Waals surface area contributed by atoms with Crippen LogP contribution in [0.3, 0.4) is 0 Å². The topological polar surface area (TPSA) is 72.9 Å². The first-order valence-corrected chi connectivity index (χ1v) is 4.10. The number of anilines is 1. The highest BCUT2D eigenvalue weighted by molar-refractivity contribution is 5.84. The maximum absolute atomic E-state index is 11.6. The second-order valence-corrected chi connectivity index (χ2v) is 2.97. The molecule has 1 rings (SSSR count). The molecule has 1 unspecified atom stereocenters. The first-order valence-electron chi connectivity index (χ1n) is 4.10. The third-order valence-electron chi connectivity index (χ3n) is 1.92. The van der Waals surface area contributed by atoms with E-state index in [1.807, 2.05) is 0 Å². The van der Waals surface area contributed by atoms with Crippen LogP contribution in [0.1, 0.15) is 17.4 Å². The van der Waals surface area contributed by atoms with Gasteiger partial charge in [-0.15, -0.1) is 5.10 Å². The summed E-state index contributed by atoms with van der Waals surface area (Å²) in [6.45, 7) is 3.57. The monoisotopic (exact) mass is 182 g/mol. The zero-order valence-electron chi connectivity index (χ0n) is 8.03. The highest BCUT2D eigenvalue weighted by Gasteiger charge is 2.15. The maximum Gasteiger partial charge on any atom is 0.263 e. The fourth-order valence-electron chi connectivity index (χ4n) is 1.03. The second-order valence-electron chi connectivity index (χ2n) is 2.97. The van der Waals surface area contributed by atoms with Crippen molar-refractivity contribution in [2.45, 2.75) is 19.9 Å². The third-order valence-corrected chi connectivity index (χ3v) is 1.92. The summed E-state index contributed by atoms with van der Waals surface area (Å²) in [7, 11) is 1.73. The van der Waals surface area contributed by atoms with Crippen LogP contribution in [0.15, 0.2) is 6.07 Å². The van der Waals surface area contributed by atoms with E-state index in [0.717, 1.165) is 5.69 Å². The molecule has 5 heteroatoms. The van der Waals surface area contributed by atoms with Gasteiger partial charge in [0, 0.05) is 11.8 Å². The van der Waals surface area contributed by atoms with Crippen molar-refractivity contribution in [3.05, 3.63) is 11.8 Å². The highest BCUT2D eigenvalue weighted by Crippen LogP contribution is 2.04. The van der Waals surface area contributed by atoms with E-state index in [1.54, 1.807) is 27.0 Å². The van der Waals surface area contributed by atoms with Gasteiger partial charge in [-0.1, -0.05) is 0 Å². The van der Waals surface area contributed by atoms with Gasteiger partial charge in [-0.05, 0) is 20.9 Å². The molecule has 1 aromatic rings. The zero-order chi connectivity index (χ0) is 10.0. The summed E-state index contributed by atoms with van der Waals surface area (Å²) in [5, 5.41) is 6.73. The molecule has 0 radical (unpaired) electrons. The molecule has 0 aliphatic carbocycles. The van der Waals surface area contributed by atoms with Crippen molar-refractivity contribution in [2.24, 2.45) is 0 Å². The Morgan fingerprint density at radius 1 is 1.77 bits per heavy atom. The van der Waals surface area contributed by atoms with E-state index in [2.05, 4.69) is 10.4 Å². The highest BCUT2D eigenvalue weighted by atomic mass is 16.2. The molecule has 0 amide bonds. The summed E-state index contributed by atoms with van der Waals surface area (Å²) >= 11 is 0. The molecule has 1 aromatic heterocycles. The molecule has 72 valence electrons. The van der Waals surface area contributed by atoms with Crippen molar-refractivity contribution < 1.29 is 4.79 Å². The normalized spacial score (nSPS) is 12.8. The molecule has 1 atom stereocenters. The van der Waals surface area contributed by atoms with Crippen molar-refractivity contribution in [1.82, 2.24) is 15.1 Å². The van der Waals surface area contributed by atoms with Gasteiger partial charge in [-0.25, -0.2) is 4.68 Å². The fraction of sp³-hybridized carbons (Fsp3) is 0.500. The summed E-state index contributed by atoms with van der Waals surface area (Å²) < 4.78 is 1.32. The summed E-state index contributed by atoms with van der Waals surface area (Å²) in [6, 6.07) is 1.42. The van der Waals surface area contributed by atoms with E-state index < -0.39 is 0 Å². The molecule has 5 nitrogen and oxygen atoms in total. The Balaban J connectivity index is 2.94. The average molecular weight is 182 g/mol. The predicted molar refractivity (Wildman–Crippen MR) is 50.5 cm³/mol. The Morgan fingerprint density at radius 2 is 2.38 bits per heavy atom. The Labute approximate surface area is 76.9 Å². The van der Waals surface area contributed by atoms with E-state index in [1.165, 1.54) is 4.68 Å². The lowest BCUT2D eigenvalue weighted by molar-refractivity contribution is 0.0854. The van der Waals surface area contributed by atoms with Crippen LogP contribution in [0.4, 0.5) is 5.82 Å². The SMILES string of the molecule is CNC(C)C(=O)n1nc(N)cc1C. The standard InChI is InChI=1S/C8H14N4O/c1-5-4-7(9)11-12(5)8(13)6(2)10-3/h4,6,10H,1-3H3,(H2,9,11). The van der Waals surface area contributed by atoms with Crippen LogP contribution in [0.5, 0.6) is 0 Å². The zero-order valence-corrected chi connectivity index (χ0v) is 8.03. The minimum absolute atomic E-state index is 0.100. The molecule has 0 aliphatic rings. The number of rotatable bonds is 2. The summed E-state index contributed by atoms with van der Waals surface area (Å²) in [6.07, 6.45) is 0. The minimum atomic E-state index is -0.252. The van der Waals surface area contributed by atoms with E-state index >= 15 is 0 Å². The van der Waals surface area contributed by atoms with Crippen molar-refractivity contribution in [1.29, 1.82) is 0 Å². The largest absolute Gasteiger partial charge is 0.382 e. The number of carbonyl (C=O) groups is 1. The van der Waals surface area contributed by atoms with E-state index in [-0.39, 0.29) is 11.9 Å². The van der Waals surface area contributed by atoms with Crippen LogP contribution in [0.25, 0.3) is 0 Å². The van der Waals surface area contributed by atoms with Gasteiger partial charge in [0.05, 0.1) is 6.04 Å². The number of nitrogen functional groups attached to an aromatic ring is 1. The molecular formula is C8H14N4O. The maximum atomic E-state index is 11.6. The molecule has 0 bridgehead atoms. The number of hydrogen-bond donors (Lipinski definition) is 2. The van der Waals surface area contributed by atoms with Gasteiger partial charge in [0.1, 0.15) is 5.82 Å². The molecule has 0 saturated carbocycles. The molecular weight excluding hydrogens is 168 g/mol. The van der Waals surface area contributed by atoms with Crippen molar-refractivity contribution in [3.8, 4) is 0 Å². The Morgan fingerprint density at radius 3 is 2.77 bits per heavy atom. The quantitative estimate of drug-likeness (QED) is 0.676. The predicted octanol–water partition coefficient (Wildman–Crippen LogP) is 0.0218. The van der Waals surface area contributed by atoms with Crippen LogP contribution in [0.2, 0.25) is 0 Å². The minimum Gasteiger partial charge on any atom is -0.382 e. The first kappa shape index (κ1) is 9.73. The number of likely N-dealkylation sites (N-methyl/N-ethyl adjacent to an activating group) is 1. The van der Waals surface area contributed by atoms with Crippen LogP contribution < -0.4 is 11.1 Å². The summed E-state index contributed by atoms with van der Waals surface area (Å²) in [5.74, 6) is 0.269. The second kappa shape index (κ2) is 3.57. The Bertz CT molecular complexity index is 318. The number of nitrogens with two attached hydrogens (primary N) is 1. The van der Waals surface area contributed by atoms with Crippen molar-refractivity contribution in [2.75, 3.05) is 12.8 Å². The average Bonchev–Trinajstić information content (AvgIpc) is 2.42. The van der Waals surface area contributed by atoms with Gasteiger partial charge >= 0.3 is 0 Å². The molecule has 0 aromatic carbocycles. The smallest absolute Gasteiger partial charge is 0.263 e. The Kier molecular flexibility index (Phi) is 2.67. The van der Waals surface area contributed by atoms with Gasteiger partial charge in [-0.3, -0.25) is 4.79 Å². The number of hydrogen-bond acceptors (Lipinski definition) is 4. The van der Waals surface area contributed by atoms with Crippen LogP contribution in [-0.4, -0.2) is 28.8 Å². The third kappa shape index (κ3) is 1.86. The first-order chi connectivity index (χ1) is 6.06. The van der Waals surface area contributed by atoms with Gasteiger partial charge in [0.25, 0.3) is 5.91 Å². The van der Waals surface area contributed by atoms with Crippen LogP contribution in [0, 0.1) is 6.92 Å². The lowest BCUT2D eigenvalue weighted by Crippen LogP contribution is -2.35. The molecule has 0 fully saturated rings. The van der Waals surface area contributed by atoms with E-state index in [9.17, 15) is 4.79 Å². The van der Waals surface area contributed by atoms with Crippen molar-refractivity contribution in [3.63, 3.8) is 0 Å². The van der Waals surface area contributed by atoms with Gasteiger partial charge in [0.15, 0.2) is 0 Å². The molecule has 1 heterocycles. The fourth-order valence-corrected chi connectivity index (χ4v) is 1.03. The van der Waals surface area contributed by atoms with E-state index in [4.69, 9.17) is 5.73 Å². The molecule has 3 N–H and O–H groups in total. The molecule has 13 heavy (non-hydrogen) atoms. The van der Waals surface area contributed by atoms with Crippen LogP contribution in [-0.2, 0) is 0 Å². The van der Waals surface area contributed by atoms with Crippen LogP contribution >= 0.6 is 0 Å². The number of carbonyl (C=O) groups excluding carboxylic acids is 1. The number of aromatic nitrogens is 2. The number of nitrogens with one attached hydrogen (secondary N) is 1. The van der Waals surface area contributed by atoms with Gasteiger partial charge in [-0.2, -0.15) is 0 Å². The molecule has 0 spiro atoms. The molecule has 0 aliphatic heterocycles. The lowest BCUT2D eigenvalue weighted by Gasteiger charge is -2.09. The van der Waals surface area contributed by atoms with Gasteiger partial charge < -0.3 is 11.1 Å². The van der Waals surface area contributed by atoms with E-state index in [0.29, 0.717) is 5.82 Å². The summed E-state index contributed by atoms with van der Waals surface area (Å²) in [5.41, 5.74) is 6.21. The van der Waals surface area contributed by atoms with Crippen molar-refractivity contribution >= 4 is 11.7 Å².